The first-order valence-electron chi connectivity index (χ1n) is 7.20. The van der Waals surface area contributed by atoms with E-state index in [1.165, 1.54) is 5.70 Å². The maximum Gasteiger partial charge on any atom is 0.407 e. The number of likely N-dealkylation sites (tertiary alicyclic amines) is 1. The van der Waals surface area contributed by atoms with E-state index in [9.17, 15) is 4.79 Å². The predicted octanol–water partition coefficient (Wildman–Crippen LogP) is 1.74. The summed E-state index contributed by atoms with van der Waals surface area (Å²) in [6.45, 7) is 2.31. The van der Waals surface area contributed by atoms with Gasteiger partial charge < -0.3 is 19.9 Å². The van der Waals surface area contributed by atoms with Crippen LogP contribution in [0.3, 0.4) is 0 Å². The molecule has 0 radical (unpaired) electrons. The first kappa shape index (κ1) is 13.3. The average molecular weight is 277 g/mol. The van der Waals surface area contributed by atoms with Gasteiger partial charge in [0.2, 0.25) is 0 Å². The van der Waals surface area contributed by atoms with Gasteiger partial charge in [0.25, 0.3) is 0 Å². The molecule has 2 aliphatic heterocycles. The number of nitrogens with zero attached hydrogens (tertiary/aromatic N) is 2. The molecule has 5 heteroatoms. The summed E-state index contributed by atoms with van der Waals surface area (Å²) >= 11 is 0. The number of carbonyl (C=O) groups is 1. The minimum Gasteiger partial charge on any atom is -0.446 e. The van der Waals surface area contributed by atoms with Crippen molar-refractivity contribution in [3.63, 3.8) is 0 Å². The van der Waals surface area contributed by atoms with Gasteiger partial charge in [-0.3, -0.25) is 0 Å². The Morgan fingerprint density at radius 1 is 1.50 bits per heavy atom. The molecule has 4 atom stereocenters. The average Bonchev–Trinajstić information content (AvgIpc) is 2.85. The molecule has 0 spiro atoms. The lowest BCUT2D eigenvalue weighted by atomic mass is 9.73. The number of hydrogen-bond donors (Lipinski definition) is 1. The van der Waals surface area contributed by atoms with E-state index in [1.807, 2.05) is 0 Å². The molecule has 1 amide bonds. The molecule has 1 fully saturated rings. The van der Waals surface area contributed by atoms with Crippen LogP contribution in [-0.2, 0) is 4.74 Å². The summed E-state index contributed by atoms with van der Waals surface area (Å²) in [5.41, 5.74) is 1.49. The number of amides is 1. The number of alkyl carbamates (subject to hydrolysis) is 1. The Hall–Kier alpha value is -1.65. The third-order valence-electron chi connectivity index (χ3n) is 5.06. The minimum atomic E-state index is -0.334. The molecular weight excluding hydrogens is 254 g/mol. The Bertz CT molecular complexity index is 488. The van der Waals surface area contributed by atoms with Gasteiger partial charge in [0, 0.05) is 44.6 Å². The number of fused-ring (bicyclic) bond motifs is 3. The first-order chi connectivity index (χ1) is 9.47. The predicted molar refractivity (Wildman–Crippen MR) is 76.7 cm³/mol. The number of nitrogens with one attached hydrogen (secondary N) is 1. The van der Waals surface area contributed by atoms with E-state index in [-0.39, 0.29) is 17.6 Å². The maximum absolute atomic E-state index is 11.4. The molecule has 3 aliphatic rings. The third-order valence-corrected chi connectivity index (χ3v) is 5.06. The highest BCUT2D eigenvalue weighted by Crippen LogP contribution is 2.55. The fourth-order valence-corrected chi connectivity index (χ4v) is 4.16. The normalized spacial score (nSPS) is 38.4. The lowest BCUT2D eigenvalue weighted by Gasteiger charge is -2.34. The van der Waals surface area contributed by atoms with Crippen molar-refractivity contribution in [2.24, 2.45) is 11.3 Å². The summed E-state index contributed by atoms with van der Waals surface area (Å²) in [5, 5.41) is 2.53. The zero-order valence-corrected chi connectivity index (χ0v) is 12.6. The van der Waals surface area contributed by atoms with E-state index in [4.69, 9.17) is 4.74 Å². The lowest BCUT2D eigenvalue weighted by Crippen LogP contribution is -2.42. The molecule has 1 saturated heterocycles. The first-order valence-corrected chi connectivity index (χ1v) is 7.20. The highest BCUT2D eigenvalue weighted by molar-refractivity contribution is 5.66. The molecule has 3 rings (SSSR count). The molecular formula is C15H23N3O2. The van der Waals surface area contributed by atoms with Gasteiger partial charge in [-0.2, -0.15) is 0 Å². The van der Waals surface area contributed by atoms with Gasteiger partial charge in [-0.1, -0.05) is 19.1 Å². The van der Waals surface area contributed by atoms with Crippen LogP contribution in [0.5, 0.6) is 0 Å². The Labute approximate surface area is 120 Å². The highest BCUT2D eigenvalue weighted by atomic mass is 16.6. The maximum atomic E-state index is 11.4. The van der Waals surface area contributed by atoms with Crippen molar-refractivity contribution < 1.29 is 9.53 Å². The van der Waals surface area contributed by atoms with Crippen molar-refractivity contribution in [2.45, 2.75) is 32.0 Å². The summed E-state index contributed by atoms with van der Waals surface area (Å²) in [5.74, 6) is 0.419. The van der Waals surface area contributed by atoms with Crippen LogP contribution in [0.4, 0.5) is 4.79 Å². The van der Waals surface area contributed by atoms with Crippen molar-refractivity contribution in [1.82, 2.24) is 15.1 Å². The van der Waals surface area contributed by atoms with Crippen LogP contribution in [0, 0.1) is 11.3 Å². The van der Waals surface area contributed by atoms with Gasteiger partial charge >= 0.3 is 6.09 Å². The molecule has 4 unspecified atom stereocenters. The number of carbonyl (C=O) groups excluding carboxylic acids is 1. The summed E-state index contributed by atoms with van der Waals surface area (Å²) in [7, 11) is 5.89. The SMILES string of the molecule is CNC(=O)OC1CC=C2C(C1)C1(C)C=CN(C)C1N2C. The van der Waals surface area contributed by atoms with Crippen LogP contribution in [0.25, 0.3) is 0 Å². The molecule has 2 heterocycles. The van der Waals surface area contributed by atoms with E-state index in [1.54, 1.807) is 7.05 Å². The number of rotatable bonds is 1. The number of hydrogen-bond acceptors (Lipinski definition) is 4. The Balaban J connectivity index is 1.84. The number of allylic oxidation sites excluding steroid dienone is 1. The number of ether oxygens (including phenoxy) is 1. The summed E-state index contributed by atoms with van der Waals surface area (Å²) < 4.78 is 5.45. The van der Waals surface area contributed by atoms with Crippen LogP contribution < -0.4 is 5.32 Å². The molecule has 0 aromatic heterocycles. The van der Waals surface area contributed by atoms with Gasteiger partial charge in [0.05, 0.1) is 0 Å². The van der Waals surface area contributed by atoms with E-state index in [2.05, 4.69) is 54.5 Å². The molecule has 0 saturated carbocycles. The Kier molecular flexibility index (Phi) is 2.96. The van der Waals surface area contributed by atoms with Crippen molar-refractivity contribution in [3.8, 4) is 0 Å². The van der Waals surface area contributed by atoms with E-state index in [0.29, 0.717) is 12.1 Å². The van der Waals surface area contributed by atoms with Gasteiger partial charge in [0.15, 0.2) is 0 Å². The van der Waals surface area contributed by atoms with Crippen LogP contribution in [0.2, 0.25) is 0 Å². The van der Waals surface area contributed by atoms with Crippen LogP contribution in [0.1, 0.15) is 19.8 Å². The Morgan fingerprint density at radius 2 is 2.25 bits per heavy atom. The van der Waals surface area contributed by atoms with Gasteiger partial charge in [-0.05, 0) is 12.6 Å². The largest absolute Gasteiger partial charge is 0.446 e. The second kappa shape index (κ2) is 4.43. The summed E-state index contributed by atoms with van der Waals surface area (Å²) in [4.78, 5) is 16.1. The highest BCUT2D eigenvalue weighted by Gasteiger charge is 2.56. The fraction of sp³-hybridized carbons (Fsp3) is 0.667. The zero-order chi connectivity index (χ0) is 14.5. The van der Waals surface area contributed by atoms with Crippen molar-refractivity contribution in [1.29, 1.82) is 0 Å². The van der Waals surface area contributed by atoms with Crippen LogP contribution in [0.15, 0.2) is 24.0 Å². The second-order valence-electron chi connectivity index (χ2n) is 6.26. The Morgan fingerprint density at radius 3 is 2.95 bits per heavy atom. The van der Waals surface area contributed by atoms with Crippen LogP contribution >= 0.6 is 0 Å². The molecule has 0 bridgehead atoms. The second-order valence-corrected chi connectivity index (χ2v) is 6.26. The molecule has 5 nitrogen and oxygen atoms in total. The van der Waals surface area contributed by atoms with E-state index < -0.39 is 0 Å². The van der Waals surface area contributed by atoms with Crippen molar-refractivity contribution >= 4 is 6.09 Å². The third kappa shape index (κ3) is 1.72. The van der Waals surface area contributed by atoms with Crippen molar-refractivity contribution in [2.75, 3.05) is 21.1 Å². The lowest BCUT2D eigenvalue weighted by molar-refractivity contribution is 0.0691. The van der Waals surface area contributed by atoms with E-state index >= 15 is 0 Å². The van der Waals surface area contributed by atoms with Gasteiger partial charge in [-0.15, -0.1) is 0 Å². The standard InChI is InChI=1S/C15H23N3O2/c1-15-7-8-17(3)13(15)18(4)12-6-5-10(9-11(12)15)20-14(19)16-2/h6-8,10-11,13H,5,9H2,1-4H3,(H,16,19). The quantitative estimate of drug-likeness (QED) is 0.793. The summed E-state index contributed by atoms with van der Waals surface area (Å²) in [6, 6.07) is 0. The molecule has 20 heavy (non-hydrogen) atoms. The topological polar surface area (TPSA) is 44.8 Å². The van der Waals surface area contributed by atoms with Gasteiger partial charge in [0.1, 0.15) is 12.3 Å². The molecule has 1 aliphatic carbocycles. The summed E-state index contributed by atoms with van der Waals surface area (Å²) in [6.07, 6.45) is 8.44. The fourth-order valence-electron chi connectivity index (χ4n) is 4.16. The minimum absolute atomic E-state index is 0.0213. The van der Waals surface area contributed by atoms with Gasteiger partial charge in [-0.25, -0.2) is 4.79 Å². The van der Waals surface area contributed by atoms with Crippen LogP contribution in [-0.4, -0.2) is 49.3 Å². The molecule has 1 N–H and O–H groups in total. The zero-order valence-electron chi connectivity index (χ0n) is 12.6. The molecule has 0 aromatic carbocycles. The van der Waals surface area contributed by atoms with Crippen molar-refractivity contribution in [3.05, 3.63) is 24.0 Å². The van der Waals surface area contributed by atoms with E-state index in [0.717, 1.165) is 12.8 Å². The smallest absolute Gasteiger partial charge is 0.407 e. The molecule has 0 aromatic rings. The molecule has 110 valence electrons. The monoisotopic (exact) mass is 277 g/mol.